The zero-order chi connectivity index (χ0) is 22.8. The minimum absolute atomic E-state index is 0.000654. The van der Waals surface area contributed by atoms with Crippen LogP contribution < -0.4 is 5.32 Å². The van der Waals surface area contributed by atoms with E-state index in [-0.39, 0.29) is 12.5 Å². The lowest BCUT2D eigenvalue weighted by molar-refractivity contribution is -0.116. The van der Waals surface area contributed by atoms with Crippen LogP contribution in [0.25, 0.3) is 27.8 Å². The van der Waals surface area contributed by atoms with Crippen LogP contribution >= 0.6 is 28.1 Å². The van der Waals surface area contributed by atoms with Gasteiger partial charge in [0.2, 0.25) is 10.7 Å². The van der Waals surface area contributed by atoms with E-state index in [1.54, 1.807) is 4.68 Å². The van der Waals surface area contributed by atoms with Crippen LogP contribution in [0.5, 0.6) is 0 Å². The summed E-state index contributed by atoms with van der Waals surface area (Å²) >= 11 is 9.38. The lowest BCUT2D eigenvalue weighted by Gasteiger charge is -2.09. The van der Waals surface area contributed by atoms with Gasteiger partial charge in [-0.05, 0) is 41.9 Å². The number of carbonyl (C=O) groups is 1. The van der Waals surface area contributed by atoms with Crippen LogP contribution in [0.1, 0.15) is 0 Å². The van der Waals surface area contributed by atoms with Crippen molar-refractivity contribution in [3.8, 4) is 17.1 Å². The highest BCUT2D eigenvalue weighted by atomic mass is 79.9. The van der Waals surface area contributed by atoms with Crippen molar-refractivity contribution in [2.45, 2.75) is 6.54 Å². The van der Waals surface area contributed by atoms with Gasteiger partial charge in [0.15, 0.2) is 5.82 Å². The molecule has 1 amide bonds. The first-order valence-electron chi connectivity index (χ1n) is 10.4. The predicted molar refractivity (Wildman–Crippen MR) is 138 cm³/mol. The standard InChI is InChI=1S/C26H19BrN4OS/c27-22-15-7-6-14-21(22)25-29-30(26(33)31(25)19-11-2-1-3-12-19)17-24(32)28-23-16-8-10-18-9-4-5-13-20(18)23/h1-16H,17H2,(H,28,32). The topological polar surface area (TPSA) is 51.9 Å². The van der Waals surface area contributed by atoms with Crippen molar-refractivity contribution in [1.29, 1.82) is 0 Å². The van der Waals surface area contributed by atoms with E-state index in [1.165, 1.54) is 0 Å². The molecule has 1 heterocycles. The van der Waals surface area contributed by atoms with Crippen LogP contribution in [-0.4, -0.2) is 20.3 Å². The molecule has 4 aromatic carbocycles. The minimum Gasteiger partial charge on any atom is -0.324 e. The van der Waals surface area contributed by atoms with Gasteiger partial charge < -0.3 is 5.32 Å². The summed E-state index contributed by atoms with van der Waals surface area (Å²) in [5.41, 5.74) is 2.53. The van der Waals surface area contributed by atoms with Gasteiger partial charge in [-0.2, -0.15) is 5.10 Å². The SMILES string of the molecule is O=C(Cn1nc(-c2ccccc2Br)n(-c2ccccc2)c1=S)Nc1cccc2ccccc12. The summed E-state index contributed by atoms with van der Waals surface area (Å²) in [6.45, 7) is -0.000654. The molecule has 0 spiro atoms. The van der Waals surface area contributed by atoms with Gasteiger partial charge in [0.25, 0.3) is 0 Å². The van der Waals surface area contributed by atoms with Crippen molar-refractivity contribution in [2.75, 3.05) is 5.32 Å². The summed E-state index contributed by atoms with van der Waals surface area (Å²) < 4.78 is 4.80. The number of halogens is 1. The first-order chi connectivity index (χ1) is 16.1. The number of rotatable bonds is 5. The number of aromatic nitrogens is 3. The van der Waals surface area contributed by atoms with Crippen molar-refractivity contribution >= 4 is 50.5 Å². The molecule has 5 rings (SSSR count). The number of anilines is 1. The molecule has 5 aromatic rings. The highest BCUT2D eigenvalue weighted by Crippen LogP contribution is 2.29. The van der Waals surface area contributed by atoms with Crippen molar-refractivity contribution < 1.29 is 4.79 Å². The predicted octanol–water partition coefficient (Wildman–Crippen LogP) is 6.62. The first-order valence-corrected chi connectivity index (χ1v) is 11.6. The molecule has 0 fully saturated rings. The zero-order valence-corrected chi connectivity index (χ0v) is 19.9. The van der Waals surface area contributed by atoms with Gasteiger partial charge >= 0.3 is 0 Å². The summed E-state index contributed by atoms with van der Waals surface area (Å²) in [5.74, 6) is 0.468. The summed E-state index contributed by atoms with van der Waals surface area (Å²) in [5, 5.41) is 9.81. The maximum Gasteiger partial charge on any atom is 0.246 e. The fourth-order valence-electron chi connectivity index (χ4n) is 3.80. The Hall–Kier alpha value is -3.55. The van der Waals surface area contributed by atoms with Gasteiger partial charge in [0.05, 0.1) is 0 Å². The summed E-state index contributed by atoms with van der Waals surface area (Å²) in [6.07, 6.45) is 0. The lowest BCUT2D eigenvalue weighted by Crippen LogP contribution is -2.20. The molecule has 1 N–H and O–H groups in total. The maximum absolute atomic E-state index is 13.0. The van der Waals surface area contributed by atoms with Crippen LogP contribution in [-0.2, 0) is 11.3 Å². The number of carbonyl (C=O) groups excluding carboxylic acids is 1. The zero-order valence-electron chi connectivity index (χ0n) is 17.5. The second-order valence-electron chi connectivity index (χ2n) is 7.49. The van der Waals surface area contributed by atoms with Gasteiger partial charge in [0, 0.05) is 26.8 Å². The van der Waals surface area contributed by atoms with Gasteiger partial charge in [-0.3, -0.25) is 9.36 Å². The molecule has 162 valence electrons. The van der Waals surface area contributed by atoms with Crippen molar-refractivity contribution in [3.05, 3.63) is 106 Å². The Morgan fingerprint density at radius 3 is 2.39 bits per heavy atom. The van der Waals surface area contributed by atoms with E-state index in [9.17, 15) is 4.79 Å². The Labute approximate surface area is 204 Å². The third kappa shape index (κ3) is 4.25. The lowest BCUT2D eigenvalue weighted by atomic mass is 10.1. The van der Waals surface area contributed by atoms with Crippen LogP contribution in [0, 0.1) is 4.77 Å². The summed E-state index contributed by atoms with van der Waals surface area (Å²) in [6, 6.07) is 31.4. The number of fused-ring (bicyclic) bond motifs is 1. The second-order valence-corrected chi connectivity index (χ2v) is 8.71. The number of nitrogens with one attached hydrogen (secondary N) is 1. The molecule has 7 heteroatoms. The number of hydrogen-bond acceptors (Lipinski definition) is 3. The van der Waals surface area contributed by atoms with Gasteiger partial charge in [-0.15, -0.1) is 0 Å². The minimum atomic E-state index is -0.196. The van der Waals surface area contributed by atoms with E-state index < -0.39 is 0 Å². The number of benzene rings is 4. The molecule has 0 saturated heterocycles. The molecule has 1 aromatic heterocycles. The molecular formula is C26H19BrN4OS. The van der Waals surface area contributed by atoms with E-state index in [2.05, 4.69) is 21.2 Å². The summed E-state index contributed by atoms with van der Waals surface area (Å²) in [4.78, 5) is 13.0. The van der Waals surface area contributed by atoms with Crippen LogP contribution in [0.15, 0.2) is 102 Å². The smallest absolute Gasteiger partial charge is 0.246 e. The molecular weight excluding hydrogens is 496 g/mol. The third-order valence-electron chi connectivity index (χ3n) is 5.33. The fraction of sp³-hybridized carbons (Fsp3) is 0.0385. The van der Waals surface area contributed by atoms with Crippen LogP contribution in [0.3, 0.4) is 0 Å². The Morgan fingerprint density at radius 2 is 1.58 bits per heavy atom. The third-order valence-corrected chi connectivity index (χ3v) is 6.41. The average Bonchev–Trinajstić information content (AvgIpc) is 3.15. The van der Waals surface area contributed by atoms with Crippen molar-refractivity contribution in [2.24, 2.45) is 0 Å². The van der Waals surface area contributed by atoms with E-state index in [0.29, 0.717) is 10.6 Å². The molecule has 5 nitrogen and oxygen atoms in total. The molecule has 0 saturated carbocycles. The Morgan fingerprint density at radius 1 is 0.879 bits per heavy atom. The highest BCUT2D eigenvalue weighted by molar-refractivity contribution is 9.10. The van der Waals surface area contributed by atoms with Gasteiger partial charge in [-0.25, -0.2) is 4.68 Å². The van der Waals surface area contributed by atoms with Crippen LogP contribution in [0.4, 0.5) is 5.69 Å². The molecule has 0 radical (unpaired) electrons. The van der Waals surface area contributed by atoms with Gasteiger partial charge in [0.1, 0.15) is 6.54 Å². The van der Waals surface area contributed by atoms with E-state index in [1.807, 2.05) is 102 Å². The molecule has 33 heavy (non-hydrogen) atoms. The monoisotopic (exact) mass is 514 g/mol. The fourth-order valence-corrected chi connectivity index (χ4v) is 4.56. The van der Waals surface area contributed by atoms with Crippen LogP contribution in [0.2, 0.25) is 0 Å². The normalized spacial score (nSPS) is 10.9. The molecule has 0 unspecified atom stereocenters. The van der Waals surface area contributed by atoms with Gasteiger partial charge in [-0.1, -0.05) is 88.7 Å². The molecule has 0 aliphatic carbocycles. The molecule has 0 aliphatic heterocycles. The Balaban J connectivity index is 1.53. The quantitative estimate of drug-likeness (QED) is 0.268. The second kappa shape index (κ2) is 9.13. The Bertz CT molecular complexity index is 1520. The largest absolute Gasteiger partial charge is 0.324 e. The van der Waals surface area contributed by atoms with Crippen molar-refractivity contribution in [1.82, 2.24) is 14.3 Å². The average molecular weight is 515 g/mol. The van der Waals surface area contributed by atoms with E-state index >= 15 is 0 Å². The highest BCUT2D eigenvalue weighted by Gasteiger charge is 2.18. The first kappa shape index (κ1) is 21.3. The molecule has 0 bridgehead atoms. The number of nitrogens with zero attached hydrogens (tertiary/aromatic N) is 3. The van der Waals surface area contributed by atoms with Crippen molar-refractivity contribution in [3.63, 3.8) is 0 Å². The number of hydrogen-bond donors (Lipinski definition) is 1. The Kier molecular flexibility index (Phi) is 5.90. The number of para-hydroxylation sites is 1. The summed E-state index contributed by atoms with van der Waals surface area (Å²) in [7, 11) is 0. The maximum atomic E-state index is 13.0. The molecule has 0 atom stereocenters. The van der Waals surface area contributed by atoms with E-state index in [4.69, 9.17) is 17.3 Å². The molecule has 0 aliphatic rings. The number of amides is 1. The van der Waals surface area contributed by atoms with E-state index in [0.717, 1.165) is 32.2 Å².